The van der Waals surface area contributed by atoms with E-state index in [0.29, 0.717) is 11.1 Å². The summed E-state index contributed by atoms with van der Waals surface area (Å²) >= 11 is 0. The molecule has 1 atom stereocenters. The Hall–Kier alpha value is -4.37. The van der Waals surface area contributed by atoms with Crippen molar-refractivity contribution in [2.75, 3.05) is 0 Å². The molecule has 2 heterocycles. The Labute approximate surface area is 189 Å². The molecule has 2 N–H and O–H groups in total. The third-order valence-corrected chi connectivity index (χ3v) is 4.26. The summed E-state index contributed by atoms with van der Waals surface area (Å²) in [6.07, 6.45) is -0.998. The number of aromatic nitrogens is 2. The Kier molecular flexibility index (Phi) is 8.53. The Balaban J connectivity index is 0.000000227. The first-order valence-corrected chi connectivity index (χ1v) is 9.37. The second-order valence-corrected chi connectivity index (χ2v) is 6.56. The molecule has 0 spiro atoms. The molecule has 0 radical (unpaired) electrons. The van der Waals surface area contributed by atoms with Gasteiger partial charge in [0.2, 0.25) is 11.5 Å². The highest BCUT2D eigenvalue weighted by atomic mass is 16.5. The number of aliphatic hydroxyl groups is 1. The lowest BCUT2D eigenvalue weighted by Crippen LogP contribution is -1.99. The lowest BCUT2D eigenvalue weighted by Gasteiger charge is -2.05. The number of aliphatic hydroxyl groups excluding tert-OH is 1. The molecule has 9 nitrogen and oxygen atoms in total. The molecule has 0 saturated heterocycles. The topological polar surface area (TPSA) is 144 Å². The maximum Gasteiger partial charge on any atom is 0.358 e. The number of carbonyl (C=O) groups excluding carboxylic acids is 2. The fraction of sp³-hybridized carbons (Fsp3) is 0.125. The van der Waals surface area contributed by atoms with Crippen molar-refractivity contribution in [2.24, 2.45) is 0 Å². The average Bonchev–Trinajstić information content (AvgIpc) is 3.50. The average molecular weight is 450 g/mol. The van der Waals surface area contributed by atoms with E-state index in [1.807, 2.05) is 12.1 Å². The first-order chi connectivity index (χ1) is 15.4. The van der Waals surface area contributed by atoms with Crippen molar-refractivity contribution in [1.29, 1.82) is 0 Å². The molecule has 0 aliphatic heterocycles. The molecular formula is C24H22N2O7. The van der Waals surface area contributed by atoms with Gasteiger partial charge in [0.1, 0.15) is 11.8 Å². The zero-order chi connectivity index (χ0) is 23.1. The van der Waals surface area contributed by atoms with Gasteiger partial charge in [0, 0.05) is 24.6 Å². The van der Waals surface area contributed by atoms with Gasteiger partial charge < -0.3 is 19.3 Å². The van der Waals surface area contributed by atoms with Gasteiger partial charge in [0.25, 0.3) is 0 Å². The van der Waals surface area contributed by atoms with Gasteiger partial charge in [-0.25, -0.2) is 4.79 Å². The number of aromatic carboxylic acids is 1. The lowest BCUT2D eigenvalue weighted by molar-refractivity contribution is 0.0684. The molecule has 0 bridgehead atoms. The zero-order valence-electron chi connectivity index (χ0n) is 16.8. The fourth-order valence-electron chi connectivity index (χ4n) is 2.60. The largest absolute Gasteiger partial charge is 0.476 e. The highest BCUT2D eigenvalue weighted by Crippen LogP contribution is 2.22. The number of hydrogen-bond donors (Lipinski definition) is 2. The monoisotopic (exact) mass is 450 g/mol. The van der Waals surface area contributed by atoms with E-state index in [9.17, 15) is 19.5 Å². The first kappa shape index (κ1) is 24.9. The quantitative estimate of drug-likeness (QED) is 0.413. The minimum absolute atomic E-state index is 0. The number of nitrogens with zero attached hydrogens (tertiary/aromatic N) is 2. The van der Waals surface area contributed by atoms with Crippen LogP contribution in [0.1, 0.15) is 68.9 Å². The molecule has 2 aromatic carbocycles. The van der Waals surface area contributed by atoms with E-state index in [0.717, 1.165) is 0 Å². The summed E-state index contributed by atoms with van der Waals surface area (Å²) in [6.45, 7) is 1.37. The van der Waals surface area contributed by atoms with E-state index in [2.05, 4.69) is 10.3 Å². The van der Waals surface area contributed by atoms with Crippen LogP contribution in [0.5, 0.6) is 0 Å². The van der Waals surface area contributed by atoms with Crippen molar-refractivity contribution in [3.05, 3.63) is 107 Å². The van der Waals surface area contributed by atoms with E-state index in [-0.39, 0.29) is 41.9 Å². The number of rotatable bonds is 6. The number of carboxylic acids is 1. The summed E-state index contributed by atoms with van der Waals surface area (Å²) in [5.41, 5.74) is 1.08. The first-order valence-electron chi connectivity index (χ1n) is 9.37. The van der Waals surface area contributed by atoms with Crippen LogP contribution in [0, 0.1) is 0 Å². The van der Waals surface area contributed by atoms with Crippen LogP contribution in [-0.2, 0) is 0 Å². The Morgan fingerprint density at radius 3 is 1.94 bits per heavy atom. The van der Waals surface area contributed by atoms with Crippen LogP contribution in [0.2, 0.25) is 0 Å². The van der Waals surface area contributed by atoms with Gasteiger partial charge in [0.15, 0.2) is 17.2 Å². The Morgan fingerprint density at radius 2 is 1.42 bits per heavy atom. The molecule has 0 aliphatic rings. The summed E-state index contributed by atoms with van der Waals surface area (Å²) in [5, 5.41) is 25.4. The van der Waals surface area contributed by atoms with Crippen molar-refractivity contribution >= 4 is 17.5 Å². The van der Waals surface area contributed by atoms with Gasteiger partial charge in [-0.2, -0.15) is 0 Å². The summed E-state index contributed by atoms with van der Waals surface area (Å²) in [5.74, 6) is -1.49. The van der Waals surface area contributed by atoms with E-state index in [4.69, 9.17) is 14.2 Å². The van der Waals surface area contributed by atoms with Crippen LogP contribution in [-0.4, -0.2) is 38.1 Å². The van der Waals surface area contributed by atoms with Gasteiger partial charge in [-0.05, 0) is 5.56 Å². The predicted octanol–water partition coefficient (Wildman–Crippen LogP) is 4.20. The van der Waals surface area contributed by atoms with Crippen molar-refractivity contribution in [2.45, 2.75) is 20.5 Å². The number of Topliss-reactive ketones (excluding diaryl/α,β-unsaturated/α-hetero) is 1. The fourth-order valence-corrected chi connectivity index (χ4v) is 2.60. The minimum atomic E-state index is -1.18. The van der Waals surface area contributed by atoms with Gasteiger partial charge >= 0.3 is 5.97 Å². The van der Waals surface area contributed by atoms with Crippen LogP contribution in [0.4, 0.5) is 0 Å². The second-order valence-electron chi connectivity index (χ2n) is 6.56. The van der Waals surface area contributed by atoms with Crippen LogP contribution in [0.25, 0.3) is 0 Å². The Morgan fingerprint density at radius 1 is 0.848 bits per heavy atom. The number of ketones is 2. The van der Waals surface area contributed by atoms with Crippen molar-refractivity contribution in [3.63, 3.8) is 0 Å². The summed E-state index contributed by atoms with van der Waals surface area (Å²) < 4.78 is 9.58. The van der Waals surface area contributed by atoms with E-state index < -0.39 is 12.1 Å². The molecule has 33 heavy (non-hydrogen) atoms. The summed E-state index contributed by atoms with van der Waals surface area (Å²) in [4.78, 5) is 33.4. The SMILES string of the molecule is C.CC(=O)c1cc(C(=O)c2ccccc2)on1.O=C(O)c1cc(C(O)c2ccccc2)on1. The summed E-state index contributed by atoms with van der Waals surface area (Å²) in [7, 11) is 0. The second kappa shape index (κ2) is 11.3. The van der Waals surface area contributed by atoms with Crippen LogP contribution < -0.4 is 0 Å². The molecule has 9 heteroatoms. The molecule has 0 amide bonds. The van der Waals surface area contributed by atoms with E-state index in [1.54, 1.807) is 48.5 Å². The van der Waals surface area contributed by atoms with Crippen LogP contribution in [0.15, 0.2) is 81.8 Å². The molecule has 4 rings (SSSR count). The maximum atomic E-state index is 11.8. The van der Waals surface area contributed by atoms with Crippen LogP contribution >= 0.6 is 0 Å². The van der Waals surface area contributed by atoms with Gasteiger partial charge in [-0.3, -0.25) is 9.59 Å². The number of hydrogen-bond acceptors (Lipinski definition) is 8. The molecular weight excluding hydrogens is 428 g/mol. The van der Waals surface area contributed by atoms with Crippen molar-refractivity contribution in [3.8, 4) is 0 Å². The van der Waals surface area contributed by atoms with Crippen molar-refractivity contribution in [1.82, 2.24) is 10.3 Å². The van der Waals surface area contributed by atoms with Gasteiger partial charge in [-0.15, -0.1) is 0 Å². The molecule has 2 aromatic heterocycles. The van der Waals surface area contributed by atoms with E-state index in [1.165, 1.54) is 19.1 Å². The summed E-state index contributed by atoms with van der Waals surface area (Å²) in [6, 6.07) is 20.1. The normalized spacial score (nSPS) is 10.8. The molecule has 170 valence electrons. The smallest absolute Gasteiger partial charge is 0.358 e. The lowest BCUT2D eigenvalue weighted by atomic mass is 10.1. The van der Waals surface area contributed by atoms with E-state index >= 15 is 0 Å². The number of carboxylic acid groups (broad SMARTS) is 1. The number of benzene rings is 2. The molecule has 0 saturated carbocycles. The third-order valence-electron chi connectivity index (χ3n) is 4.26. The molecule has 0 fully saturated rings. The predicted molar refractivity (Wildman–Crippen MR) is 117 cm³/mol. The minimum Gasteiger partial charge on any atom is -0.476 e. The number of carbonyl (C=O) groups is 3. The van der Waals surface area contributed by atoms with Crippen molar-refractivity contribution < 1.29 is 33.6 Å². The zero-order valence-corrected chi connectivity index (χ0v) is 16.8. The van der Waals surface area contributed by atoms with Crippen LogP contribution in [0.3, 0.4) is 0 Å². The van der Waals surface area contributed by atoms with Gasteiger partial charge in [0.05, 0.1) is 0 Å². The highest BCUT2D eigenvalue weighted by molar-refractivity contribution is 6.08. The third kappa shape index (κ3) is 6.31. The standard InChI is InChI=1S/C12H9NO3.C11H9NO4.CH4/c1-8(14)10-7-11(16-13-10)12(15)9-5-3-2-4-6-9;13-10(7-4-2-1-3-5-7)9-6-8(11(14)15)12-16-9;/h2-7H,1H3;1-6,10,13H,(H,14,15);1H4. The van der Waals surface area contributed by atoms with Gasteiger partial charge in [-0.1, -0.05) is 78.4 Å². The molecule has 1 unspecified atom stereocenters. The highest BCUT2D eigenvalue weighted by Gasteiger charge is 2.18. The molecule has 4 aromatic rings. The maximum absolute atomic E-state index is 11.8. The Bertz CT molecular complexity index is 1210. The molecule has 0 aliphatic carbocycles.